The van der Waals surface area contributed by atoms with Crippen molar-refractivity contribution in [2.75, 3.05) is 23.8 Å². The maximum absolute atomic E-state index is 13.5. The highest BCUT2D eigenvalue weighted by atomic mass is 19.2. The third-order valence-corrected chi connectivity index (χ3v) is 5.97. The molecule has 1 unspecified atom stereocenters. The maximum Gasteiger partial charge on any atom is 0.338 e. The number of ether oxygens (including phenoxy) is 1. The van der Waals surface area contributed by atoms with Gasteiger partial charge in [-0.25, -0.2) is 23.2 Å². The van der Waals surface area contributed by atoms with Crippen molar-refractivity contribution in [1.29, 1.82) is 0 Å². The summed E-state index contributed by atoms with van der Waals surface area (Å²) in [6.45, 7) is 4.17. The predicted molar refractivity (Wildman–Crippen MR) is 144 cm³/mol. The highest BCUT2D eigenvalue weighted by Gasteiger charge is 2.38. The Balaban J connectivity index is 1.71. The molecule has 8 nitrogen and oxygen atoms in total. The van der Waals surface area contributed by atoms with E-state index < -0.39 is 29.7 Å². The number of anilines is 2. The molecule has 1 heterocycles. The van der Waals surface area contributed by atoms with Crippen LogP contribution in [0.25, 0.3) is 5.70 Å². The fourth-order valence-corrected chi connectivity index (χ4v) is 4.34. The molecule has 0 bridgehead atoms. The zero-order chi connectivity index (χ0) is 27.9. The van der Waals surface area contributed by atoms with Crippen LogP contribution >= 0.6 is 0 Å². The normalized spacial score (nSPS) is 15.0. The maximum atomic E-state index is 13.5. The van der Waals surface area contributed by atoms with Gasteiger partial charge in [-0.2, -0.15) is 0 Å². The largest absolute Gasteiger partial charge is 0.463 e. The van der Waals surface area contributed by atoms with Crippen molar-refractivity contribution in [3.05, 3.63) is 101 Å². The molecule has 4 rings (SSSR count). The summed E-state index contributed by atoms with van der Waals surface area (Å²) < 4.78 is 32.1. The molecule has 0 aliphatic carbocycles. The summed E-state index contributed by atoms with van der Waals surface area (Å²) in [4.78, 5) is 40.7. The van der Waals surface area contributed by atoms with Gasteiger partial charge in [0.25, 0.3) is 0 Å². The minimum Gasteiger partial charge on any atom is -0.463 e. The fourth-order valence-electron chi connectivity index (χ4n) is 4.34. The van der Waals surface area contributed by atoms with Gasteiger partial charge in [-0.3, -0.25) is 4.90 Å². The van der Waals surface area contributed by atoms with Crippen molar-refractivity contribution in [2.24, 2.45) is 0 Å². The van der Waals surface area contributed by atoms with E-state index in [2.05, 4.69) is 16.0 Å². The van der Waals surface area contributed by atoms with Crippen LogP contribution < -0.4 is 16.0 Å². The van der Waals surface area contributed by atoms with Gasteiger partial charge in [0.2, 0.25) is 0 Å². The summed E-state index contributed by atoms with van der Waals surface area (Å²) in [5.41, 5.74) is 2.36. The van der Waals surface area contributed by atoms with E-state index in [0.29, 0.717) is 35.5 Å². The Morgan fingerprint density at radius 1 is 0.923 bits per heavy atom. The van der Waals surface area contributed by atoms with Gasteiger partial charge in [-0.15, -0.1) is 0 Å². The Morgan fingerprint density at radius 3 is 2.31 bits per heavy atom. The molecule has 202 valence electrons. The summed E-state index contributed by atoms with van der Waals surface area (Å²) >= 11 is 0. The van der Waals surface area contributed by atoms with E-state index in [1.807, 2.05) is 37.3 Å². The molecule has 0 saturated carbocycles. The third kappa shape index (κ3) is 6.23. The van der Waals surface area contributed by atoms with Gasteiger partial charge >= 0.3 is 18.0 Å². The molecule has 0 spiro atoms. The number of carbonyl (C=O) groups is 3. The first-order valence-electron chi connectivity index (χ1n) is 12.5. The molecule has 1 aliphatic rings. The number of halogens is 2. The van der Waals surface area contributed by atoms with E-state index in [1.165, 1.54) is 11.0 Å². The van der Waals surface area contributed by atoms with Crippen molar-refractivity contribution < 1.29 is 27.9 Å². The lowest BCUT2D eigenvalue weighted by Crippen LogP contribution is -2.48. The molecule has 3 N–H and O–H groups in total. The number of rotatable bonds is 8. The van der Waals surface area contributed by atoms with Crippen LogP contribution in [0.3, 0.4) is 0 Å². The van der Waals surface area contributed by atoms with Crippen LogP contribution in [0, 0.1) is 11.6 Å². The molecule has 3 aromatic rings. The SMILES string of the molecule is CCCN1C(=O)NC(c2cccc(NC(=O)Nc3ccc(F)c(F)c3)c2)C(C(=O)OCC)=C1c1ccccc1. The molecule has 4 amide bonds. The molecule has 1 atom stereocenters. The molecule has 1 aliphatic heterocycles. The van der Waals surface area contributed by atoms with Gasteiger partial charge in [0.05, 0.1) is 23.9 Å². The van der Waals surface area contributed by atoms with Gasteiger partial charge in [0.1, 0.15) is 0 Å². The first-order valence-corrected chi connectivity index (χ1v) is 12.5. The number of hydrogen-bond donors (Lipinski definition) is 3. The standard InChI is InChI=1S/C29H28F2N4O4/c1-3-15-35-26(18-9-6-5-7-10-18)24(27(36)39-4-2)25(34-29(35)38)19-11-8-12-20(16-19)32-28(37)33-21-13-14-22(30)23(31)17-21/h5-14,16-17,25H,3-4,15H2,1-2H3,(H,34,38)(H2,32,33,37). The predicted octanol–water partition coefficient (Wildman–Crippen LogP) is 6.06. The van der Waals surface area contributed by atoms with Gasteiger partial charge in [-0.1, -0.05) is 49.4 Å². The van der Waals surface area contributed by atoms with Crippen LogP contribution in [0.2, 0.25) is 0 Å². The lowest BCUT2D eigenvalue weighted by Gasteiger charge is -2.37. The van der Waals surface area contributed by atoms with Gasteiger partial charge < -0.3 is 20.7 Å². The van der Waals surface area contributed by atoms with E-state index in [1.54, 1.807) is 31.2 Å². The summed E-state index contributed by atoms with van der Waals surface area (Å²) in [6.07, 6.45) is 0.664. The van der Waals surface area contributed by atoms with Crippen LogP contribution in [0.1, 0.15) is 37.4 Å². The van der Waals surface area contributed by atoms with E-state index in [4.69, 9.17) is 4.74 Å². The number of carbonyl (C=O) groups excluding carboxylic acids is 3. The second-order valence-corrected chi connectivity index (χ2v) is 8.72. The molecule has 0 radical (unpaired) electrons. The molecular formula is C29H28F2N4O4. The van der Waals surface area contributed by atoms with E-state index in [-0.39, 0.29) is 23.9 Å². The molecule has 0 fully saturated rings. The summed E-state index contributed by atoms with van der Waals surface area (Å²) in [6, 6.07) is 16.9. The zero-order valence-corrected chi connectivity index (χ0v) is 21.5. The smallest absolute Gasteiger partial charge is 0.338 e. The Kier molecular flexibility index (Phi) is 8.55. The number of esters is 1. The van der Waals surface area contributed by atoms with Gasteiger partial charge in [-0.05, 0) is 48.7 Å². The zero-order valence-electron chi connectivity index (χ0n) is 21.5. The first-order chi connectivity index (χ1) is 18.8. The van der Waals surface area contributed by atoms with Gasteiger partial charge in [0.15, 0.2) is 11.6 Å². The summed E-state index contributed by atoms with van der Waals surface area (Å²) in [5.74, 6) is -2.69. The first kappa shape index (κ1) is 27.3. The van der Waals surface area contributed by atoms with Crippen LogP contribution in [0.15, 0.2) is 78.4 Å². The van der Waals surface area contributed by atoms with Crippen LogP contribution in [-0.4, -0.2) is 36.1 Å². The molecule has 0 aromatic heterocycles. The molecule has 0 saturated heterocycles. The number of benzene rings is 3. The van der Waals surface area contributed by atoms with Crippen LogP contribution in [0.5, 0.6) is 0 Å². The number of amides is 4. The Labute approximate surface area is 224 Å². The summed E-state index contributed by atoms with van der Waals surface area (Å²) in [5, 5.41) is 7.99. The Bertz CT molecular complexity index is 1410. The van der Waals surface area contributed by atoms with E-state index in [9.17, 15) is 23.2 Å². The Hall–Kier alpha value is -4.73. The van der Waals surface area contributed by atoms with Crippen LogP contribution in [-0.2, 0) is 9.53 Å². The molecule has 39 heavy (non-hydrogen) atoms. The quantitative estimate of drug-likeness (QED) is 0.306. The molecule has 3 aromatic carbocycles. The van der Waals surface area contributed by atoms with Crippen molar-refractivity contribution in [2.45, 2.75) is 26.3 Å². The van der Waals surface area contributed by atoms with Gasteiger partial charge in [0, 0.05) is 24.0 Å². The highest BCUT2D eigenvalue weighted by molar-refractivity contribution is 6.05. The number of urea groups is 2. The second-order valence-electron chi connectivity index (χ2n) is 8.72. The minimum atomic E-state index is -1.09. The number of nitrogens with one attached hydrogen (secondary N) is 3. The molecule has 10 heteroatoms. The van der Waals surface area contributed by atoms with Crippen molar-refractivity contribution in [1.82, 2.24) is 10.2 Å². The summed E-state index contributed by atoms with van der Waals surface area (Å²) in [7, 11) is 0. The van der Waals surface area contributed by atoms with Crippen molar-refractivity contribution in [3.63, 3.8) is 0 Å². The Morgan fingerprint density at radius 2 is 1.64 bits per heavy atom. The lowest BCUT2D eigenvalue weighted by atomic mass is 9.91. The van der Waals surface area contributed by atoms with Crippen LogP contribution in [0.4, 0.5) is 29.7 Å². The second kappa shape index (κ2) is 12.2. The number of nitrogens with zero attached hydrogens (tertiary/aromatic N) is 1. The highest BCUT2D eigenvalue weighted by Crippen LogP contribution is 2.37. The average Bonchev–Trinajstić information content (AvgIpc) is 2.92. The van der Waals surface area contributed by atoms with E-state index >= 15 is 0 Å². The van der Waals surface area contributed by atoms with Crippen molar-refractivity contribution in [3.8, 4) is 0 Å². The lowest BCUT2D eigenvalue weighted by molar-refractivity contribution is -0.138. The monoisotopic (exact) mass is 534 g/mol. The fraction of sp³-hybridized carbons (Fsp3) is 0.207. The average molecular weight is 535 g/mol. The van der Waals surface area contributed by atoms with Crippen molar-refractivity contribution >= 4 is 35.1 Å². The topological polar surface area (TPSA) is 99.8 Å². The number of hydrogen-bond acceptors (Lipinski definition) is 4. The van der Waals surface area contributed by atoms with E-state index in [0.717, 1.165) is 12.1 Å². The molecular weight excluding hydrogens is 506 g/mol. The third-order valence-electron chi connectivity index (χ3n) is 5.97. The minimum absolute atomic E-state index is 0.0677.